The number of nitrogens with one attached hydrogen (secondary N) is 1. The van der Waals surface area contributed by atoms with Gasteiger partial charge < -0.3 is 15.8 Å². The quantitative estimate of drug-likeness (QED) is 0.428. The van der Waals surface area contributed by atoms with Gasteiger partial charge in [0.1, 0.15) is 23.6 Å². The van der Waals surface area contributed by atoms with Crippen molar-refractivity contribution in [2.24, 2.45) is 11.8 Å². The topological polar surface area (TPSA) is 90.9 Å². The molecule has 0 unspecified atom stereocenters. The van der Waals surface area contributed by atoms with E-state index in [1.807, 2.05) is 10.7 Å². The summed E-state index contributed by atoms with van der Waals surface area (Å²) in [6.07, 6.45) is 3.82. The SMILES string of the molecule is CC(C)COc1ccc2cc(-c3nn(CC4CCNCC4)c4ncnc(N)c34)ccc2c1.Cl. The number of rotatable bonds is 6. The lowest BCUT2D eigenvalue weighted by Crippen LogP contribution is -2.30. The van der Waals surface area contributed by atoms with Crippen LogP contribution in [0.5, 0.6) is 5.75 Å². The average Bonchev–Trinajstić information content (AvgIpc) is 3.17. The van der Waals surface area contributed by atoms with Crippen LogP contribution in [0.25, 0.3) is 33.1 Å². The Hall–Kier alpha value is -2.90. The van der Waals surface area contributed by atoms with Gasteiger partial charge in [-0.2, -0.15) is 5.10 Å². The molecule has 1 saturated heterocycles. The molecular weight excluding hydrogens is 436 g/mol. The van der Waals surface area contributed by atoms with Crippen molar-refractivity contribution in [3.05, 3.63) is 42.7 Å². The zero-order valence-corrected chi connectivity index (χ0v) is 19.9. The number of aromatic nitrogens is 4. The average molecular weight is 467 g/mol. The molecule has 174 valence electrons. The maximum atomic E-state index is 6.30. The lowest BCUT2D eigenvalue weighted by molar-refractivity contribution is 0.271. The van der Waals surface area contributed by atoms with Gasteiger partial charge in [0.15, 0.2) is 5.65 Å². The third-order valence-corrected chi connectivity index (χ3v) is 6.12. The Balaban J connectivity index is 0.00000259. The largest absolute Gasteiger partial charge is 0.493 e. The fraction of sp³-hybridized carbons (Fsp3) is 0.400. The molecule has 0 radical (unpaired) electrons. The Labute approximate surface area is 200 Å². The van der Waals surface area contributed by atoms with E-state index in [1.165, 1.54) is 6.33 Å². The van der Waals surface area contributed by atoms with Crippen molar-refractivity contribution in [2.75, 3.05) is 25.4 Å². The molecule has 0 aliphatic carbocycles. The predicted octanol–water partition coefficient (Wildman–Crippen LogP) is 4.68. The molecule has 5 rings (SSSR count). The van der Waals surface area contributed by atoms with E-state index in [9.17, 15) is 0 Å². The summed E-state index contributed by atoms with van der Waals surface area (Å²) in [7, 11) is 0. The van der Waals surface area contributed by atoms with Crippen LogP contribution in [0.4, 0.5) is 5.82 Å². The van der Waals surface area contributed by atoms with Crippen LogP contribution in [0.1, 0.15) is 26.7 Å². The lowest BCUT2D eigenvalue weighted by atomic mass is 9.98. The Morgan fingerprint density at radius 1 is 1.09 bits per heavy atom. The van der Waals surface area contributed by atoms with E-state index < -0.39 is 0 Å². The molecule has 0 amide bonds. The maximum absolute atomic E-state index is 6.30. The van der Waals surface area contributed by atoms with Gasteiger partial charge in [0.2, 0.25) is 0 Å². The molecule has 2 aromatic heterocycles. The second kappa shape index (κ2) is 9.93. The first-order valence-corrected chi connectivity index (χ1v) is 11.4. The Bertz CT molecular complexity index is 1250. The number of nitrogen functional groups attached to an aromatic ring is 1. The van der Waals surface area contributed by atoms with Crippen molar-refractivity contribution in [2.45, 2.75) is 33.2 Å². The zero-order valence-electron chi connectivity index (χ0n) is 19.1. The van der Waals surface area contributed by atoms with E-state index in [4.69, 9.17) is 15.6 Å². The number of anilines is 1. The van der Waals surface area contributed by atoms with Crippen molar-refractivity contribution >= 4 is 40.0 Å². The summed E-state index contributed by atoms with van der Waals surface area (Å²) in [4.78, 5) is 8.79. The number of fused-ring (bicyclic) bond motifs is 2. The van der Waals surface area contributed by atoms with Gasteiger partial charge in [-0.1, -0.05) is 32.0 Å². The zero-order chi connectivity index (χ0) is 22.1. The molecule has 7 nitrogen and oxygen atoms in total. The van der Waals surface area contributed by atoms with Crippen LogP contribution in [-0.2, 0) is 6.54 Å². The number of halogens is 1. The van der Waals surface area contributed by atoms with Gasteiger partial charge in [-0.15, -0.1) is 12.4 Å². The molecule has 1 aliphatic rings. The van der Waals surface area contributed by atoms with Crippen LogP contribution in [0.3, 0.4) is 0 Å². The summed E-state index contributed by atoms with van der Waals surface area (Å²) in [5, 5.41) is 11.5. The maximum Gasteiger partial charge on any atom is 0.163 e. The van der Waals surface area contributed by atoms with Crippen LogP contribution >= 0.6 is 12.4 Å². The number of ether oxygens (including phenoxy) is 1. The van der Waals surface area contributed by atoms with Gasteiger partial charge in [-0.05, 0) is 66.7 Å². The highest BCUT2D eigenvalue weighted by atomic mass is 35.5. The summed E-state index contributed by atoms with van der Waals surface area (Å²) in [5.41, 5.74) is 8.97. The standard InChI is InChI=1S/C25H30N6O.ClH/c1-16(2)14-32-21-6-5-18-11-20(4-3-19(18)12-21)23-22-24(26)28-15-29-25(22)31(30-23)13-17-7-9-27-10-8-17;/h3-6,11-12,15-17,27H,7-10,13-14H2,1-2H3,(H2,26,28,29);1H. The van der Waals surface area contributed by atoms with Crippen molar-refractivity contribution in [1.82, 2.24) is 25.1 Å². The highest BCUT2D eigenvalue weighted by molar-refractivity contribution is 6.00. The van der Waals surface area contributed by atoms with Crippen molar-refractivity contribution in [1.29, 1.82) is 0 Å². The van der Waals surface area contributed by atoms with Gasteiger partial charge in [0.05, 0.1) is 12.0 Å². The Morgan fingerprint density at radius 3 is 2.64 bits per heavy atom. The molecule has 1 fully saturated rings. The number of hydrogen-bond acceptors (Lipinski definition) is 6. The van der Waals surface area contributed by atoms with E-state index in [-0.39, 0.29) is 12.4 Å². The van der Waals surface area contributed by atoms with Gasteiger partial charge in [-0.3, -0.25) is 0 Å². The minimum absolute atomic E-state index is 0. The van der Waals surface area contributed by atoms with E-state index in [0.29, 0.717) is 24.3 Å². The van der Waals surface area contributed by atoms with Crippen LogP contribution in [0.15, 0.2) is 42.7 Å². The molecule has 0 saturated carbocycles. The molecule has 2 aromatic carbocycles. The van der Waals surface area contributed by atoms with Gasteiger partial charge >= 0.3 is 0 Å². The van der Waals surface area contributed by atoms with Crippen LogP contribution < -0.4 is 15.8 Å². The van der Waals surface area contributed by atoms with Crippen LogP contribution in [-0.4, -0.2) is 39.4 Å². The molecule has 1 aliphatic heterocycles. The fourth-order valence-electron chi connectivity index (χ4n) is 4.39. The van der Waals surface area contributed by atoms with Crippen molar-refractivity contribution in [3.63, 3.8) is 0 Å². The fourth-order valence-corrected chi connectivity index (χ4v) is 4.39. The summed E-state index contributed by atoms with van der Waals surface area (Å²) in [6, 6.07) is 12.6. The monoisotopic (exact) mass is 466 g/mol. The Morgan fingerprint density at radius 2 is 1.85 bits per heavy atom. The normalized spacial score (nSPS) is 14.6. The summed E-state index contributed by atoms with van der Waals surface area (Å²) >= 11 is 0. The predicted molar refractivity (Wildman–Crippen MR) is 136 cm³/mol. The second-order valence-electron chi connectivity index (χ2n) is 9.11. The number of piperidine rings is 1. The second-order valence-corrected chi connectivity index (χ2v) is 9.11. The van der Waals surface area contributed by atoms with E-state index in [0.717, 1.165) is 71.3 Å². The highest BCUT2D eigenvalue weighted by Gasteiger charge is 2.21. The molecule has 8 heteroatoms. The van der Waals surface area contributed by atoms with Gasteiger partial charge in [-0.25, -0.2) is 14.6 Å². The van der Waals surface area contributed by atoms with Crippen molar-refractivity contribution in [3.8, 4) is 17.0 Å². The third kappa shape index (κ3) is 4.89. The van der Waals surface area contributed by atoms with Crippen LogP contribution in [0, 0.1) is 11.8 Å². The molecule has 4 aromatic rings. The molecule has 33 heavy (non-hydrogen) atoms. The van der Waals surface area contributed by atoms with E-state index in [2.05, 4.69) is 59.5 Å². The minimum Gasteiger partial charge on any atom is -0.493 e. The number of hydrogen-bond donors (Lipinski definition) is 2. The molecular formula is C25H31ClN6O. The van der Waals surface area contributed by atoms with Crippen LogP contribution in [0.2, 0.25) is 0 Å². The molecule has 0 spiro atoms. The highest BCUT2D eigenvalue weighted by Crippen LogP contribution is 2.33. The van der Waals surface area contributed by atoms with Crippen molar-refractivity contribution < 1.29 is 4.74 Å². The molecule has 0 bridgehead atoms. The molecule has 3 N–H and O–H groups in total. The number of nitrogens with two attached hydrogens (primary N) is 1. The first kappa shape index (κ1) is 23.3. The summed E-state index contributed by atoms with van der Waals surface area (Å²) in [6.45, 7) is 7.97. The first-order chi connectivity index (χ1) is 15.6. The van der Waals surface area contributed by atoms with Gasteiger partial charge in [0, 0.05) is 12.1 Å². The minimum atomic E-state index is 0. The van der Waals surface area contributed by atoms with Gasteiger partial charge in [0.25, 0.3) is 0 Å². The lowest BCUT2D eigenvalue weighted by Gasteiger charge is -2.22. The molecule has 3 heterocycles. The van der Waals surface area contributed by atoms with E-state index in [1.54, 1.807) is 0 Å². The third-order valence-electron chi connectivity index (χ3n) is 6.12. The molecule has 0 atom stereocenters. The van der Waals surface area contributed by atoms with E-state index >= 15 is 0 Å². The smallest absolute Gasteiger partial charge is 0.163 e. The number of benzene rings is 2. The summed E-state index contributed by atoms with van der Waals surface area (Å²) < 4.78 is 7.91. The first-order valence-electron chi connectivity index (χ1n) is 11.4. The Kier molecular flexibility index (Phi) is 7.00. The summed E-state index contributed by atoms with van der Waals surface area (Å²) in [5.74, 6) is 2.45. The number of nitrogens with zero attached hydrogens (tertiary/aromatic N) is 4.